The highest BCUT2D eigenvalue weighted by molar-refractivity contribution is 5.92. The number of nitrogens with two attached hydrogens (primary N) is 2. The highest BCUT2D eigenvalue weighted by Crippen LogP contribution is 2.05. The predicted octanol–water partition coefficient (Wildman–Crippen LogP) is -0.428. The summed E-state index contributed by atoms with van der Waals surface area (Å²) in [5.74, 6) is -1.24. The van der Waals surface area contributed by atoms with Crippen LogP contribution in [0, 0.1) is 0 Å². The van der Waals surface area contributed by atoms with E-state index in [9.17, 15) is 19.5 Å². The summed E-state index contributed by atoms with van der Waals surface area (Å²) in [7, 11) is 0. The van der Waals surface area contributed by atoms with Gasteiger partial charge >= 0.3 is 0 Å². The quantitative estimate of drug-likeness (QED) is 0.282. The van der Waals surface area contributed by atoms with Crippen LogP contribution in [0.3, 0.4) is 0 Å². The van der Waals surface area contributed by atoms with Crippen LogP contribution in [0.25, 0.3) is 0 Å². The molecule has 0 aliphatic rings. The standard InChI is InChI=1S/C17H34N4O4/c1-4-5-6-7-13(19)10-15(24)21-16(12(3)23)17(25)20-14(8-9-18)11(2)22/h12-14,16,23H,4-10,18-19H2,1-3H3,(H,20,25)(H,21,24)/t12?,13?,14-,16-/m0/s1. The molecule has 25 heavy (non-hydrogen) atoms. The molecule has 0 saturated carbocycles. The Labute approximate surface area is 150 Å². The SMILES string of the molecule is CCCCCC(N)CC(=O)N[C@H](C(=O)N[C@@H](CCN)C(C)=O)C(C)O. The number of carbonyl (C=O) groups excluding carboxylic acids is 3. The Morgan fingerprint density at radius 2 is 1.76 bits per heavy atom. The van der Waals surface area contributed by atoms with Gasteiger partial charge in [-0.3, -0.25) is 14.4 Å². The Morgan fingerprint density at radius 3 is 2.24 bits per heavy atom. The fourth-order valence-electron chi connectivity index (χ4n) is 2.44. The molecule has 0 aliphatic carbocycles. The molecule has 2 unspecified atom stereocenters. The molecular formula is C17H34N4O4. The lowest BCUT2D eigenvalue weighted by Crippen LogP contribution is -2.56. The summed E-state index contributed by atoms with van der Waals surface area (Å²) < 4.78 is 0. The molecule has 0 bridgehead atoms. The molecule has 8 nitrogen and oxygen atoms in total. The first-order valence-electron chi connectivity index (χ1n) is 8.96. The molecule has 0 aromatic carbocycles. The van der Waals surface area contributed by atoms with Crippen LogP contribution in [0.4, 0.5) is 0 Å². The Hall–Kier alpha value is -1.51. The van der Waals surface area contributed by atoms with E-state index in [1.165, 1.54) is 13.8 Å². The minimum atomic E-state index is -1.14. The summed E-state index contributed by atoms with van der Waals surface area (Å²) in [5, 5.41) is 14.8. The molecule has 0 aliphatic heterocycles. The number of aliphatic hydroxyl groups is 1. The van der Waals surface area contributed by atoms with Crippen LogP contribution in [-0.2, 0) is 14.4 Å². The van der Waals surface area contributed by atoms with Crippen LogP contribution < -0.4 is 22.1 Å². The number of Topliss-reactive ketones (excluding diaryl/α,β-unsaturated/α-hetero) is 1. The number of ketones is 1. The Balaban J connectivity index is 4.64. The molecule has 2 amide bonds. The van der Waals surface area contributed by atoms with E-state index in [1.54, 1.807) is 0 Å². The molecule has 0 heterocycles. The largest absolute Gasteiger partial charge is 0.391 e. The molecule has 0 fully saturated rings. The first-order valence-corrected chi connectivity index (χ1v) is 8.96. The predicted molar refractivity (Wildman–Crippen MR) is 96.6 cm³/mol. The van der Waals surface area contributed by atoms with Crippen LogP contribution >= 0.6 is 0 Å². The van der Waals surface area contributed by atoms with Crippen molar-refractivity contribution in [3.05, 3.63) is 0 Å². The van der Waals surface area contributed by atoms with Crippen LogP contribution in [0.1, 0.15) is 59.3 Å². The lowest BCUT2D eigenvalue weighted by molar-refractivity contribution is -0.133. The fraction of sp³-hybridized carbons (Fsp3) is 0.824. The van der Waals surface area contributed by atoms with Crippen LogP contribution in [0.2, 0.25) is 0 Å². The minimum absolute atomic E-state index is 0.0825. The van der Waals surface area contributed by atoms with Crippen molar-refractivity contribution < 1.29 is 19.5 Å². The second-order valence-electron chi connectivity index (χ2n) is 6.49. The molecule has 0 radical (unpaired) electrons. The average molecular weight is 358 g/mol. The lowest BCUT2D eigenvalue weighted by Gasteiger charge is -2.24. The zero-order valence-corrected chi connectivity index (χ0v) is 15.6. The van der Waals surface area contributed by atoms with Gasteiger partial charge in [0.05, 0.1) is 12.1 Å². The number of unbranched alkanes of at least 4 members (excludes halogenated alkanes) is 2. The van der Waals surface area contributed by atoms with E-state index in [4.69, 9.17) is 11.5 Å². The lowest BCUT2D eigenvalue weighted by atomic mass is 10.0. The Kier molecular flexibility index (Phi) is 12.0. The molecular weight excluding hydrogens is 324 g/mol. The number of rotatable bonds is 13. The van der Waals surface area contributed by atoms with Gasteiger partial charge in [-0.05, 0) is 33.2 Å². The van der Waals surface area contributed by atoms with Gasteiger partial charge < -0.3 is 27.2 Å². The Morgan fingerprint density at radius 1 is 1.12 bits per heavy atom. The third-order valence-electron chi connectivity index (χ3n) is 3.97. The molecule has 146 valence electrons. The summed E-state index contributed by atoms with van der Waals surface area (Å²) in [6.07, 6.45) is 3.08. The number of hydrogen-bond donors (Lipinski definition) is 5. The van der Waals surface area contributed by atoms with Crippen LogP contribution in [0.15, 0.2) is 0 Å². The maximum absolute atomic E-state index is 12.3. The van der Waals surface area contributed by atoms with Gasteiger partial charge in [0.15, 0.2) is 5.78 Å². The molecule has 7 N–H and O–H groups in total. The third kappa shape index (κ3) is 10.2. The first kappa shape index (κ1) is 23.5. The molecule has 0 spiro atoms. The summed E-state index contributed by atoms with van der Waals surface area (Å²) in [6, 6.07) is -2.16. The summed E-state index contributed by atoms with van der Waals surface area (Å²) in [6.45, 7) is 5.08. The van der Waals surface area contributed by atoms with E-state index < -0.39 is 30.0 Å². The first-order chi connectivity index (χ1) is 11.7. The van der Waals surface area contributed by atoms with Gasteiger partial charge in [0, 0.05) is 12.5 Å². The highest BCUT2D eigenvalue weighted by Gasteiger charge is 2.28. The van der Waals surface area contributed by atoms with Gasteiger partial charge in [0.25, 0.3) is 0 Å². The second-order valence-corrected chi connectivity index (χ2v) is 6.49. The van der Waals surface area contributed by atoms with E-state index in [2.05, 4.69) is 17.6 Å². The van der Waals surface area contributed by atoms with Crippen molar-refractivity contribution >= 4 is 17.6 Å². The monoisotopic (exact) mass is 358 g/mol. The zero-order chi connectivity index (χ0) is 19.4. The minimum Gasteiger partial charge on any atom is -0.391 e. The van der Waals surface area contributed by atoms with Crippen LogP contribution in [-0.4, -0.2) is 53.5 Å². The molecule has 0 aromatic rings. The average Bonchev–Trinajstić information content (AvgIpc) is 2.51. The number of aliphatic hydroxyl groups excluding tert-OH is 1. The maximum atomic E-state index is 12.3. The maximum Gasteiger partial charge on any atom is 0.245 e. The summed E-state index contributed by atoms with van der Waals surface area (Å²) in [4.78, 5) is 35.9. The van der Waals surface area contributed by atoms with E-state index in [-0.39, 0.29) is 24.8 Å². The molecule has 0 aromatic heterocycles. The fourth-order valence-corrected chi connectivity index (χ4v) is 2.44. The van der Waals surface area contributed by atoms with Gasteiger partial charge in [0.2, 0.25) is 11.8 Å². The third-order valence-corrected chi connectivity index (χ3v) is 3.97. The van der Waals surface area contributed by atoms with Crippen molar-refractivity contribution in [2.75, 3.05) is 6.54 Å². The van der Waals surface area contributed by atoms with Crippen molar-refractivity contribution in [2.45, 2.75) is 83.5 Å². The van der Waals surface area contributed by atoms with Crippen molar-refractivity contribution in [2.24, 2.45) is 11.5 Å². The highest BCUT2D eigenvalue weighted by atomic mass is 16.3. The molecule has 0 rings (SSSR count). The summed E-state index contributed by atoms with van der Waals surface area (Å²) in [5.41, 5.74) is 11.3. The van der Waals surface area contributed by atoms with Gasteiger partial charge in [-0.2, -0.15) is 0 Å². The van der Waals surface area contributed by atoms with Crippen molar-refractivity contribution in [1.29, 1.82) is 0 Å². The zero-order valence-electron chi connectivity index (χ0n) is 15.6. The van der Waals surface area contributed by atoms with Crippen molar-refractivity contribution in [3.63, 3.8) is 0 Å². The smallest absolute Gasteiger partial charge is 0.245 e. The van der Waals surface area contributed by atoms with E-state index in [1.807, 2.05) is 0 Å². The number of carbonyl (C=O) groups is 3. The van der Waals surface area contributed by atoms with Gasteiger partial charge in [-0.15, -0.1) is 0 Å². The van der Waals surface area contributed by atoms with E-state index >= 15 is 0 Å². The van der Waals surface area contributed by atoms with E-state index in [0.717, 1.165) is 25.7 Å². The van der Waals surface area contributed by atoms with Gasteiger partial charge in [-0.1, -0.05) is 26.2 Å². The Bertz CT molecular complexity index is 429. The molecule has 4 atom stereocenters. The van der Waals surface area contributed by atoms with Crippen molar-refractivity contribution in [3.8, 4) is 0 Å². The van der Waals surface area contributed by atoms with Gasteiger partial charge in [0.1, 0.15) is 6.04 Å². The van der Waals surface area contributed by atoms with Crippen LogP contribution in [0.5, 0.6) is 0 Å². The molecule has 0 saturated heterocycles. The normalized spacial score (nSPS) is 15.8. The van der Waals surface area contributed by atoms with E-state index in [0.29, 0.717) is 6.42 Å². The topological polar surface area (TPSA) is 148 Å². The second kappa shape index (κ2) is 12.8. The number of hydrogen-bond acceptors (Lipinski definition) is 6. The molecule has 8 heteroatoms. The summed E-state index contributed by atoms with van der Waals surface area (Å²) >= 11 is 0. The van der Waals surface area contributed by atoms with Gasteiger partial charge in [-0.25, -0.2) is 0 Å². The van der Waals surface area contributed by atoms with Crippen molar-refractivity contribution in [1.82, 2.24) is 10.6 Å². The number of nitrogens with one attached hydrogen (secondary N) is 2. The number of amides is 2.